The van der Waals surface area contributed by atoms with E-state index in [9.17, 15) is 0 Å². The summed E-state index contributed by atoms with van der Waals surface area (Å²) in [4.78, 5) is 0. The molecule has 1 aromatic carbocycles. The smallest absolute Gasteiger partial charge is 0.104 e. The lowest BCUT2D eigenvalue weighted by molar-refractivity contribution is -0.910. The lowest BCUT2D eigenvalue weighted by atomic mass is 9.61. The molecule has 2 fully saturated rings. The van der Waals surface area contributed by atoms with Crippen molar-refractivity contribution in [1.82, 2.24) is 0 Å². The number of allylic oxidation sites excluding steroid dienone is 2. The second-order valence-electron chi connectivity index (χ2n) is 11.0. The molecule has 2 heteroatoms. The van der Waals surface area contributed by atoms with Crippen LogP contribution in [0, 0.1) is 23.2 Å². The van der Waals surface area contributed by atoms with E-state index in [0.29, 0.717) is 18.1 Å². The fourth-order valence-corrected chi connectivity index (χ4v) is 6.81. The van der Waals surface area contributed by atoms with Crippen LogP contribution >= 0.6 is 0 Å². The van der Waals surface area contributed by atoms with Gasteiger partial charge in [0.15, 0.2) is 0 Å². The summed E-state index contributed by atoms with van der Waals surface area (Å²) in [5.74, 6) is 2.23. The molecular weight excluding hydrogens is 342 g/mol. The van der Waals surface area contributed by atoms with E-state index in [1.807, 2.05) is 0 Å². The second kappa shape index (κ2) is 7.95. The van der Waals surface area contributed by atoms with Crippen molar-refractivity contribution in [3.05, 3.63) is 48.0 Å². The highest BCUT2D eigenvalue weighted by molar-refractivity contribution is 5.13. The van der Waals surface area contributed by atoms with E-state index in [-0.39, 0.29) is 5.41 Å². The number of ether oxygens (including phenoxy) is 1. The highest BCUT2D eigenvalue weighted by atomic mass is 16.5. The molecule has 1 heterocycles. The van der Waals surface area contributed by atoms with Gasteiger partial charge < -0.3 is 9.22 Å². The Morgan fingerprint density at radius 2 is 1.75 bits per heavy atom. The van der Waals surface area contributed by atoms with Gasteiger partial charge >= 0.3 is 0 Å². The summed E-state index contributed by atoms with van der Waals surface area (Å²) in [6.45, 7) is 7.18. The van der Waals surface area contributed by atoms with E-state index >= 15 is 0 Å². The van der Waals surface area contributed by atoms with E-state index in [4.69, 9.17) is 4.74 Å². The molecule has 0 spiro atoms. The van der Waals surface area contributed by atoms with Gasteiger partial charge in [-0.15, -0.1) is 0 Å². The van der Waals surface area contributed by atoms with Gasteiger partial charge in [-0.1, -0.05) is 69.2 Å². The Kier molecular flexibility index (Phi) is 5.73. The van der Waals surface area contributed by atoms with Gasteiger partial charge in [0.2, 0.25) is 0 Å². The lowest BCUT2D eigenvalue weighted by Crippen LogP contribution is -2.58. The predicted molar refractivity (Wildman–Crippen MR) is 117 cm³/mol. The summed E-state index contributed by atoms with van der Waals surface area (Å²) in [5.41, 5.74) is 1.60. The van der Waals surface area contributed by atoms with Gasteiger partial charge in [0.25, 0.3) is 0 Å². The first kappa shape index (κ1) is 20.2. The topological polar surface area (TPSA) is 9.23 Å². The summed E-state index contributed by atoms with van der Waals surface area (Å²) in [6, 6.07) is 11.0. The quantitative estimate of drug-likeness (QED) is 0.460. The van der Waals surface area contributed by atoms with Crippen LogP contribution in [0.2, 0.25) is 0 Å². The van der Waals surface area contributed by atoms with Gasteiger partial charge in [-0.05, 0) is 43.4 Å². The van der Waals surface area contributed by atoms with Crippen molar-refractivity contribution in [2.45, 2.75) is 71.1 Å². The lowest BCUT2D eigenvalue weighted by Gasteiger charge is -2.54. The molecule has 0 N–H and O–H groups in total. The zero-order valence-corrected chi connectivity index (χ0v) is 18.4. The average Bonchev–Trinajstić information content (AvgIpc) is 2.67. The third kappa shape index (κ3) is 4.24. The summed E-state index contributed by atoms with van der Waals surface area (Å²) >= 11 is 0. The molecule has 1 aliphatic heterocycles. The zero-order valence-electron chi connectivity index (χ0n) is 18.4. The van der Waals surface area contributed by atoms with Crippen molar-refractivity contribution in [2.24, 2.45) is 23.2 Å². The number of benzene rings is 1. The van der Waals surface area contributed by atoms with Gasteiger partial charge in [0.05, 0.1) is 32.8 Å². The molecule has 0 aromatic heterocycles. The number of quaternary nitrogens is 1. The molecule has 154 valence electrons. The Labute approximate surface area is 172 Å². The molecule has 0 radical (unpaired) electrons. The van der Waals surface area contributed by atoms with Crippen LogP contribution in [0.3, 0.4) is 0 Å². The van der Waals surface area contributed by atoms with E-state index in [1.54, 1.807) is 0 Å². The fraction of sp³-hybridized carbons (Fsp3) is 0.692. The summed E-state index contributed by atoms with van der Waals surface area (Å²) in [6.07, 6.45) is 13.9. The Bertz CT molecular complexity index is 677. The fourth-order valence-electron chi connectivity index (χ4n) is 6.81. The van der Waals surface area contributed by atoms with Crippen molar-refractivity contribution in [3.63, 3.8) is 0 Å². The highest BCUT2D eigenvalue weighted by Crippen LogP contribution is 2.50. The maximum atomic E-state index is 6.98. The van der Waals surface area contributed by atoms with Crippen LogP contribution in [0.4, 0.5) is 0 Å². The van der Waals surface area contributed by atoms with E-state index in [2.05, 4.69) is 70.4 Å². The van der Waals surface area contributed by atoms with Gasteiger partial charge in [0, 0.05) is 11.0 Å². The second-order valence-corrected chi connectivity index (χ2v) is 11.0. The van der Waals surface area contributed by atoms with Crippen LogP contribution in [-0.2, 0) is 11.3 Å². The Morgan fingerprint density at radius 3 is 2.54 bits per heavy atom. The van der Waals surface area contributed by atoms with Crippen molar-refractivity contribution in [3.8, 4) is 0 Å². The number of fused-ring (bicyclic) bond motifs is 3. The minimum absolute atomic E-state index is 0.175. The van der Waals surface area contributed by atoms with Crippen LogP contribution in [0.5, 0.6) is 0 Å². The van der Waals surface area contributed by atoms with Crippen LogP contribution < -0.4 is 0 Å². The Hall–Kier alpha value is -1.12. The first-order chi connectivity index (χ1) is 13.4. The molecular formula is C26H40NO+. The van der Waals surface area contributed by atoms with Crippen molar-refractivity contribution in [1.29, 1.82) is 0 Å². The average molecular weight is 383 g/mol. The predicted octanol–water partition coefficient (Wildman–Crippen LogP) is 5.83. The van der Waals surface area contributed by atoms with Gasteiger partial charge in [-0.2, -0.15) is 0 Å². The molecule has 0 amide bonds. The van der Waals surface area contributed by atoms with Crippen molar-refractivity contribution < 1.29 is 9.22 Å². The first-order valence-corrected chi connectivity index (χ1v) is 11.5. The molecule has 5 atom stereocenters. The SMILES string of the molecule is CC(C)(C[N+](C)(C)Cc1ccccc1)[C@H]1O[C@H]2CCCC[C@H]2[C@H]2C=CCC[C@@H]21. The summed E-state index contributed by atoms with van der Waals surface area (Å²) < 4.78 is 7.99. The Morgan fingerprint density at radius 1 is 1.00 bits per heavy atom. The molecule has 1 aromatic rings. The number of hydrogen-bond acceptors (Lipinski definition) is 1. The zero-order chi connectivity index (χ0) is 19.8. The maximum absolute atomic E-state index is 6.98. The van der Waals surface area contributed by atoms with Gasteiger partial charge in [0.1, 0.15) is 6.54 Å². The van der Waals surface area contributed by atoms with Gasteiger partial charge in [-0.25, -0.2) is 0 Å². The highest BCUT2D eigenvalue weighted by Gasteiger charge is 2.51. The largest absolute Gasteiger partial charge is 0.374 e. The molecule has 1 saturated carbocycles. The molecule has 3 aliphatic rings. The van der Waals surface area contributed by atoms with Crippen molar-refractivity contribution >= 4 is 0 Å². The van der Waals surface area contributed by atoms with Gasteiger partial charge in [-0.3, -0.25) is 0 Å². The maximum Gasteiger partial charge on any atom is 0.104 e. The van der Waals surface area contributed by atoms with Crippen LogP contribution in [0.15, 0.2) is 42.5 Å². The van der Waals surface area contributed by atoms with Crippen LogP contribution in [0.25, 0.3) is 0 Å². The van der Waals surface area contributed by atoms with E-state index < -0.39 is 0 Å². The normalized spacial score (nSPS) is 33.2. The molecule has 0 bridgehead atoms. The summed E-state index contributed by atoms with van der Waals surface area (Å²) in [5, 5.41) is 0. The third-order valence-electron chi connectivity index (χ3n) is 7.54. The first-order valence-electron chi connectivity index (χ1n) is 11.5. The van der Waals surface area contributed by atoms with Crippen LogP contribution in [0.1, 0.15) is 57.9 Å². The molecule has 4 rings (SSSR count). The molecule has 2 aliphatic carbocycles. The molecule has 28 heavy (non-hydrogen) atoms. The minimum atomic E-state index is 0.175. The number of nitrogens with zero attached hydrogens (tertiary/aromatic N) is 1. The third-order valence-corrected chi connectivity index (χ3v) is 7.54. The van der Waals surface area contributed by atoms with Crippen molar-refractivity contribution in [2.75, 3.05) is 20.6 Å². The number of hydrogen-bond donors (Lipinski definition) is 0. The monoisotopic (exact) mass is 382 g/mol. The number of rotatable bonds is 5. The Balaban J connectivity index is 1.53. The standard InChI is InChI=1S/C26H40NO/c1-26(2,19-27(3,4)18-20-12-6-5-7-13-20)25-23-16-9-8-14-21(23)22-15-10-11-17-24(22)28-25/h5-8,12-14,21-25H,9-11,15-19H2,1-4H3/q+1/t21-,22+,23+,24+,25+/m1/s1. The molecule has 2 nitrogen and oxygen atoms in total. The minimum Gasteiger partial charge on any atom is -0.374 e. The molecule has 1 saturated heterocycles. The summed E-state index contributed by atoms with van der Waals surface area (Å²) in [7, 11) is 4.78. The molecule has 0 unspecified atom stereocenters. The van der Waals surface area contributed by atoms with Crippen LogP contribution in [-0.4, -0.2) is 37.3 Å². The van der Waals surface area contributed by atoms with E-state index in [0.717, 1.165) is 29.4 Å². The van der Waals surface area contributed by atoms with E-state index in [1.165, 1.54) is 44.1 Å².